The molecule has 0 aliphatic carbocycles. The van der Waals surface area contributed by atoms with Crippen LogP contribution in [0.1, 0.15) is 0 Å². The van der Waals surface area contributed by atoms with Crippen LogP contribution >= 0.6 is 11.3 Å². The van der Waals surface area contributed by atoms with Crippen LogP contribution < -0.4 is 0 Å². The molecule has 0 fully saturated rings. The van der Waals surface area contributed by atoms with Crippen LogP contribution in [0.4, 0.5) is 0 Å². The maximum atomic E-state index is 7.44. The van der Waals surface area contributed by atoms with E-state index >= 15 is 0 Å². The molecule has 618 valence electrons. The summed E-state index contributed by atoms with van der Waals surface area (Å²) < 4.78 is 30.3. The Kier molecular flexibility index (Phi) is 16.4. The van der Waals surface area contributed by atoms with Crippen molar-refractivity contribution in [2.75, 3.05) is 0 Å². The van der Waals surface area contributed by atoms with Gasteiger partial charge in [-0.15, -0.1) is 11.3 Å². The minimum Gasteiger partial charge on any atom is -0.456 e. The van der Waals surface area contributed by atoms with Crippen LogP contribution in [-0.4, -0.2) is 43.6 Å². The molecule has 13 heteroatoms. The Balaban J connectivity index is 0.551. The first kappa shape index (κ1) is 74.3. The third kappa shape index (κ3) is 11.7. The number of benzene rings is 18. The van der Waals surface area contributed by atoms with Crippen molar-refractivity contribution in [2.45, 2.75) is 0 Å². The smallest absolute Gasteiger partial charge is 0.231 e. The summed E-state index contributed by atoms with van der Waals surface area (Å²) in [6.45, 7) is 0. The van der Waals surface area contributed by atoms with E-state index in [1.54, 1.807) is 11.3 Å². The van der Waals surface area contributed by atoms with Crippen LogP contribution in [0, 0.1) is 0 Å². The van der Waals surface area contributed by atoms with Gasteiger partial charge in [0, 0.05) is 104 Å². The molecule has 10 aromatic heterocycles. The lowest BCUT2D eigenvalue weighted by Gasteiger charge is -2.12. The lowest BCUT2D eigenvalue weighted by molar-refractivity contribution is 0.657. The fourth-order valence-corrected chi connectivity index (χ4v) is 21.9. The maximum absolute atomic E-state index is 7.44. The van der Waals surface area contributed by atoms with Gasteiger partial charge in [-0.25, -0.2) is 19.9 Å². The van der Waals surface area contributed by atoms with Crippen LogP contribution in [0.15, 0.2) is 432 Å². The van der Waals surface area contributed by atoms with Crippen molar-refractivity contribution in [3.63, 3.8) is 0 Å². The quantitative estimate of drug-likeness (QED) is 0.111. The van der Waals surface area contributed by atoms with Gasteiger partial charge in [0.25, 0.3) is 0 Å². The highest BCUT2D eigenvalue weighted by Crippen LogP contribution is 2.51. The number of furan rings is 3. The molecule has 0 N–H and O–H groups in total. The van der Waals surface area contributed by atoms with Crippen molar-refractivity contribution in [1.82, 2.24) is 43.6 Å². The minimum atomic E-state index is 0.494. The highest BCUT2D eigenvalue weighted by molar-refractivity contribution is 7.27. The second-order valence-electron chi connectivity index (χ2n) is 34.3. The molecule has 0 aliphatic rings. The highest BCUT2D eigenvalue weighted by atomic mass is 32.1. The molecule has 12 nitrogen and oxygen atoms in total. The van der Waals surface area contributed by atoms with E-state index < -0.39 is 0 Å². The molecule has 0 radical (unpaired) electrons. The minimum absolute atomic E-state index is 0.494. The van der Waals surface area contributed by atoms with E-state index in [9.17, 15) is 0 Å². The number of hydrogen-bond donors (Lipinski definition) is 0. The molecule has 0 aliphatic heterocycles. The Bertz CT molecular complexity index is 9710. The van der Waals surface area contributed by atoms with Crippen molar-refractivity contribution >= 4 is 163 Å². The normalized spacial score (nSPS) is 12.1. The Morgan fingerprint density at radius 2 is 0.564 bits per heavy atom. The van der Waals surface area contributed by atoms with Gasteiger partial charge in [0.15, 0.2) is 17.5 Å². The van der Waals surface area contributed by atoms with E-state index in [-0.39, 0.29) is 0 Å². The zero-order chi connectivity index (χ0) is 87.0. The summed E-state index contributed by atoms with van der Waals surface area (Å²) in [5, 5.41) is 13.3. The van der Waals surface area contributed by atoms with E-state index in [4.69, 9.17) is 43.2 Å². The first-order chi connectivity index (χ1) is 65.9. The van der Waals surface area contributed by atoms with Crippen LogP contribution in [0.2, 0.25) is 0 Å². The average molecular weight is 1720 g/mol. The Hall–Kier alpha value is -17.8. The number of thiophene rings is 1. The van der Waals surface area contributed by atoms with Gasteiger partial charge in [-0.3, -0.25) is 0 Å². The zero-order valence-corrected chi connectivity index (χ0v) is 71.8. The molecular formula is C120H69N9O3S. The number of para-hydroxylation sites is 4. The summed E-state index contributed by atoms with van der Waals surface area (Å²) in [7, 11) is 0. The predicted octanol–water partition coefficient (Wildman–Crippen LogP) is 32.1. The third-order valence-electron chi connectivity index (χ3n) is 26.7. The number of rotatable bonds is 13. The average Bonchev–Trinajstić information content (AvgIpc) is 1.55. The summed E-state index contributed by atoms with van der Waals surface area (Å²) in [6, 6.07) is 148. The molecule has 0 amide bonds. The molecule has 133 heavy (non-hydrogen) atoms. The summed E-state index contributed by atoms with van der Waals surface area (Å²) in [5.41, 5.74) is 31.3. The van der Waals surface area contributed by atoms with Crippen molar-refractivity contribution in [3.8, 4) is 130 Å². The standard InChI is InChI=1S/C120H69N9O3S/c1-6-26-70(27-7-1)71-50-52-73(53-51-71)109-107-93-58-61-97-104(113(93)132-120(107)126-118(122-109)83-39-23-36-78(65-83)80-38-25-42-85(67-80)128-95-47-19-16-45-89(95)103-98(128)62-59-92-106-108(72-28-8-2-9-29-72)121-117(75-32-12-4-13-33-75)125-119(106)131-112(92)103)91-57-54-81(68-100(91)127(97)84-40-14-5-15-41-84)77-35-22-34-76(64-77)79-37-24-43-86(66-79)129-96-48-20-17-46-90(96)105-99(129)63-60-94-111-115(133-114(94)105)110(123-116(124-111)74-30-10-3-11-31-74)82-55-56-88-87-44-18-21-49-101(87)130-102(88)69-82/h1-69H. The predicted molar refractivity (Wildman–Crippen MR) is 545 cm³/mol. The molecule has 28 aromatic rings. The van der Waals surface area contributed by atoms with Crippen molar-refractivity contribution < 1.29 is 13.3 Å². The van der Waals surface area contributed by atoms with Gasteiger partial charge in [0.2, 0.25) is 11.4 Å². The van der Waals surface area contributed by atoms with Gasteiger partial charge in [-0.2, -0.15) is 9.97 Å². The Labute approximate surface area is 762 Å². The maximum Gasteiger partial charge on any atom is 0.231 e. The molecular weight excluding hydrogens is 1650 g/mol. The van der Waals surface area contributed by atoms with Crippen LogP contribution in [0.3, 0.4) is 0 Å². The lowest BCUT2D eigenvalue weighted by Crippen LogP contribution is -1.95. The van der Waals surface area contributed by atoms with E-state index in [0.717, 1.165) is 242 Å². The van der Waals surface area contributed by atoms with Gasteiger partial charge in [-0.05, 0) is 166 Å². The lowest BCUT2D eigenvalue weighted by atomic mass is 9.97. The van der Waals surface area contributed by atoms with Crippen molar-refractivity contribution in [2.24, 2.45) is 0 Å². The molecule has 0 bridgehead atoms. The van der Waals surface area contributed by atoms with Gasteiger partial charge in [-0.1, -0.05) is 297 Å². The molecule has 28 rings (SSSR count). The monoisotopic (exact) mass is 1720 g/mol. The summed E-state index contributed by atoms with van der Waals surface area (Å²) in [6.07, 6.45) is 0. The molecule has 0 saturated heterocycles. The Morgan fingerprint density at radius 1 is 0.188 bits per heavy atom. The zero-order valence-electron chi connectivity index (χ0n) is 71.0. The number of hydrogen-bond acceptors (Lipinski definition) is 10. The number of nitrogens with zero attached hydrogens (tertiary/aromatic N) is 9. The molecule has 18 aromatic carbocycles. The largest absolute Gasteiger partial charge is 0.456 e. The summed E-state index contributed by atoms with van der Waals surface area (Å²) in [5.74, 6) is 1.83. The van der Waals surface area contributed by atoms with Gasteiger partial charge >= 0.3 is 0 Å². The fourth-order valence-electron chi connectivity index (χ4n) is 20.6. The van der Waals surface area contributed by atoms with Crippen molar-refractivity contribution in [3.05, 3.63) is 419 Å². The fraction of sp³-hybridized carbons (Fsp3) is 0. The van der Waals surface area contributed by atoms with E-state index in [1.807, 2.05) is 66.7 Å². The second kappa shape index (κ2) is 29.4. The SMILES string of the molecule is c1ccc(-c2ccc(-c3nc(-c4cccc(-c5cccc(-n6c7ccccc7c7c8oc9nc(-c%10ccccc%10)nc(-c%10ccccc%10)c9c8ccc76)c5)c4)nc4oc5c(ccc6c5c5ccc(-c7cccc(-c8cccc(-n9c%10ccccc%10c%10c%11sc%12c(-c%13ccc%14c(c%13)oc%13ccccc%13%14)nc(-c%13ccccc%13)nc%12c%11ccc%109)c8)c7)cc5n6-c5ccccc5)c34)cc2)cc1. The first-order valence-corrected chi connectivity index (χ1v) is 45.5. The number of aromatic nitrogens is 9. The van der Waals surface area contributed by atoms with Crippen LogP contribution in [0.5, 0.6) is 0 Å². The molecule has 0 atom stereocenters. The van der Waals surface area contributed by atoms with E-state index in [0.29, 0.717) is 28.9 Å². The summed E-state index contributed by atoms with van der Waals surface area (Å²) >= 11 is 1.77. The molecule has 10 heterocycles. The number of fused-ring (bicyclic) bond motifs is 24. The topological polar surface area (TPSA) is 132 Å². The molecule has 0 unspecified atom stereocenters. The van der Waals surface area contributed by atoms with Crippen LogP contribution in [0.25, 0.3) is 281 Å². The summed E-state index contributed by atoms with van der Waals surface area (Å²) in [4.78, 5) is 32.4. The van der Waals surface area contributed by atoms with E-state index in [1.165, 1.54) is 10.8 Å². The highest BCUT2D eigenvalue weighted by Gasteiger charge is 2.29. The van der Waals surface area contributed by atoms with Crippen molar-refractivity contribution in [1.29, 1.82) is 0 Å². The van der Waals surface area contributed by atoms with Crippen LogP contribution in [-0.2, 0) is 0 Å². The Morgan fingerprint density at radius 3 is 1.17 bits per heavy atom. The van der Waals surface area contributed by atoms with E-state index in [2.05, 4.69) is 366 Å². The van der Waals surface area contributed by atoms with Gasteiger partial charge < -0.3 is 27.0 Å². The first-order valence-electron chi connectivity index (χ1n) is 44.7. The van der Waals surface area contributed by atoms with Gasteiger partial charge in [0.05, 0.1) is 81.9 Å². The van der Waals surface area contributed by atoms with Gasteiger partial charge in [0.1, 0.15) is 22.3 Å². The molecule has 0 spiro atoms. The second-order valence-corrected chi connectivity index (χ2v) is 35.3. The third-order valence-corrected chi connectivity index (χ3v) is 27.9. The molecule has 0 saturated carbocycles.